The van der Waals surface area contributed by atoms with E-state index in [-0.39, 0.29) is 0 Å². The topological polar surface area (TPSA) is 38.9 Å². The fraction of sp³-hybridized carbons (Fsp3) is 0.500. The summed E-state index contributed by atoms with van der Waals surface area (Å²) in [6.45, 7) is 0. The van der Waals surface area contributed by atoms with Crippen LogP contribution in [-0.4, -0.2) is 16.1 Å². The maximum atomic E-state index is 5.69. The highest BCUT2D eigenvalue weighted by atomic mass is 35.5. The fourth-order valence-corrected chi connectivity index (χ4v) is 3.48. The summed E-state index contributed by atoms with van der Waals surface area (Å²) in [4.78, 5) is 1.47. The van der Waals surface area contributed by atoms with Crippen LogP contribution in [0.15, 0.2) is 15.9 Å². The maximum absolute atomic E-state index is 5.69. The minimum Gasteiger partial charge on any atom is -0.425 e. The SMILES string of the molecule is ClCCc1nnc(C2CCCc3sccc32)o1. The molecule has 2 heterocycles. The number of rotatable bonds is 3. The van der Waals surface area contributed by atoms with E-state index in [1.807, 2.05) is 11.3 Å². The van der Waals surface area contributed by atoms with Crippen molar-refractivity contribution in [1.82, 2.24) is 10.2 Å². The van der Waals surface area contributed by atoms with Crippen LogP contribution in [-0.2, 0) is 12.8 Å². The third kappa shape index (κ3) is 2.11. The van der Waals surface area contributed by atoms with Crippen molar-refractivity contribution in [2.45, 2.75) is 31.6 Å². The van der Waals surface area contributed by atoms with Crippen LogP contribution in [0, 0.1) is 0 Å². The van der Waals surface area contributed by atoms with Crippen molar-refractivity contribution in [2.75, 3.05) is 5.88 Å². The van der Waals surface area contributed by atoms with Crippen molar-refractivity contribution in [2.24, 2.45) is 0 Å². The number of hydrogen-bond donors (Lipinski definition) is 0. The average Bonchev–Trinajstić information content (AvgIpc) is 2.96. The van der Waals surface area contributed by atoms with Gasteiger partial charge in [-0.1, -0.05) is 0 Å². The standard InChI is InChI=1S/C12H13ClN2OS/c13-6-4-11-14-15-12(16-11)9-2-1-3-10-8(9)5-7-17-10/h5,7,9H,1-4,6H2. The van der Waals surface area contributed by atoms with Crippen molar-refractivity contribution < 1.29 is 4.42 Å². The van der Waals surface area contributed by atoms with Gasteiger partial charge in [-0.05, 0) is 36.3 Å². The summed E-state index contributed by atoms with van der Waals surface area (Å²) in [7, 11) is 0. The van der Waals surface area contributed by atoms with Gasteiger partial charge in [0.15, 0.2) is 0 Å². The maximum Gasteiger partial charge on any atom is 0.224 e. The first-order chi connectivity index (χ1) is 8.38. The lowest BCUT2D eigenvalue weighted by atomic mass is 9.88. The quantitative estimate of drug-likeness (QED) is 0.801. The summed E-state index contributed by atoms with van der Waals surface area (Å²) in [5.41, 5.74) is 1.38. The summed E-state index contributed by atoms with van der Waals surface area (Å²) in [5, 5.41) is 10.4. The second-order valence-electron chi connectivity index (χ2n) is 4.22. The molecule has 1 aliphatic rings. The Kier molecular flexibility index (Phi) is 3.16. The lowest BCUT2D eigenvalue weighted by Crippen LogP contribution is -2.08. The summed E-state index contributed by atoms with van der Waals surface area (Å²) < 4.78 is 5.69. The Morgan fingerprint density at radius 3 is 3.29 bits per heavy atom. The lowest BCUT2D eigenvalue weighted by Gasteiger charge is -2.18. The number of fused-ring (bicyclic) bond motifs is 1. The molecule has 0 fully saturated rings. The Balaban J connectivity index is 1.90. The van der Waals surface area contributed by atoms with Gasteiger partial charge in [-0.2, -0.15) is 0 Å². The van der Waals surface area contributed by atoms with Crippen LogP contribution >= 0.6 is 22.9 Å². The lowest BCUT2D eigenvalue weighted by molar-refractivity contribution is 0.418. The molecule has 2 aromatic heterocycles. The van der Waals surface area contributed by atoms with Gasteiger partial charge < -0.3 is 4.42 Å². The zero-order chi connectivity index (χ0) is 11.7. The van der Waals surface area contributed by atoms with Crippen LogP contribution in [0.2, 0.25) is 0 Å². The number of nitrogens with zero attached hydrogens (tertiary/aromatic N) is 2. The summed E-state index contributed by atoms with van der Waals surface area (Å²) >= 11 is 7.50. The van der Waals surface area contributed by atoms with Crippen LogP contribution in [0.1, 0.15) is 41.0 Å². The predicted molar refractivity (Wildman–Crippen MR) is 67.8 cm³/mol. The molecule has 3 nitrogen and oxygen atoms in total. The highest BCUT2D eigenvalue weighted by molar-refractivity contribution is 7.10. The van der Waals surface area contributed by atoms with Crippen LogP contribution in [0.3, 0.4) is 0 Å². The van der Waals surface area contributed by atoms with Crippen LogP contribution in [0.25, 0.3) is 0 Å². The number of thiophene rings is 1. The van der Waals surface area contributed by atoms with Gasteiger partial charge in [0.1, 0.15) is 0 Å². The highest BCUT2D eigenvalue weighted by Gasteiger charge is 2.27. The first-order valence-electron chi connectivity index (χ1n) is 5.83. The Hall–Kier alpha value is -0.870. The third-order valence-electron chi connectivity index (χ3n) is 3.14. The van der Waals surface area contributed by atoms with E-state index >= 15 is 0 Å². The molecular formula is C12H13ClN2OS. The van der Waals surface area contributed by atoms with Gasteiger partial charge in [-0.3, -0.25) is 0 Å². The fourth-order valence-electron chi connectivity index (χ4n) is 2.33. The Labute approximate surface area is 109 Å². The molecule has 0 N–H and O–H groups in total. The molecule has 1 unspecified atom stereocenters. The van der Waals surface area contributed by atoms with E-state index < -0.39 is 0 Å². The second-order valence-corrected chi connectivity index (χ2v) is 5.60. The first kappa shape index (κ1) is 11.2. The molecule has 0 spiro atoms. The van der Waals surface area contributed by atoms with E-state index in [4.69, 9.17) is 16.0 Å². The summed E-state index contributed by atoms with van der Waals surface area (Å²) in [5.74, 6) is 2.22. The van der Waals surface area contributed by atoms with E-state index in [2.05, 4.69) is 21.6 Å². The van der Waals surface area contributed by atoms with Crippen LogP contribution in [0.5, 0.6) is 0 Å². The van der Waals surface area contributed by atoms with E-state index in [1.54, 1.807) is 0 Å². The molecular weight excluding hydrogens is 256 g/mol. The summed E-state index contributed by atoms with van der Waals surface area (Å²) in [6.07, 6.45) is 4.14. The molecule has 0 saturated heterocycles. The Bertz CT molecular complexity index is 508. The minimum absolute atomic E-state index is 0.293. The highest BCUT2D eigenvalue weighted by Crippen LogP contribution is 2.38. The van der Waals surface area contributed by atoms with Crippen molar-refractivity contribution >= 4 is 22.9 Å². The third-order valence-corrected chi connectivity index (χ3v) is 4.33. The molecule has 0 amide bonds. The van der Waals surface area contributed by atoms with Crippen LogP contribution in [0.4, 0.5) is 0 Å². The second kappa shape index (κ2) is 4.78. The Morgan fingerprint density at radius 2 is 2.41 bits per heavy atom. The molecule has 1 atom stereocenters. The van der Waals surface area contributed by atoms with Gasteiger partial charge in [0.25, 0.3) is 0 Å². The Morgan fingerprint density at radius 1 is 1.47 bits per heavy atom. The number of hydrogen-bond acceptors (Lipinski definition) is 4. The molecule has 5 heteroatoms. The van der Waals surface area contributed by atoms with Gasteiger partial charge in [0, 0.05) is 17.2 Å². The van der Waals surface area contributed by atoms with E-state index in [1.165, 1.54) is 23.3 Å². The van der Waals surface area contributed by atoms with Crippen molar-refractivity contribution in [3.63, 3.8) is 0 Å². The molecule has 0 saturated carbocycles. The van der Waals surface area contributed by atoms with E-state index in [9.17, 15) is 0 Å². The van der Waals surface area contributed by atoms with Crippen LogP contribution < -0.4 is 0 Å². The van der Waals surface area contributed by atoms with Gasteiger partial charge in [0.2, 0.25) is 11.8 Å². The molecule has 0 radical (unpaired) electrons. The molecule has 0 bridgehead atoms. The predicted octanol–water partition coefficient (Wildman–Crippen LogP) is 3.38. The molecule has 3 rings (SSSR count). The van der Waals surface area contributed by atoms with E-state index in [0.29, 0.717) is 24.1 Å². The minimum atomic E-state index is 0.293. The number of aryl methyl sites for hydroxylation is 2. The van der Waals surface area contributed by atoms with Gasteiger partial charge >= 0.3 is 0 Å². The van der Waals surface area contributed by atoms with Crippen molar-refractivity contribution in [3.8, 4) is 0 Å². The monoisotopic (exact) mass is 268 g/mol. The van der Waals surface area contributed by atoms with Gasteiger partial charge in [0.05, 0.1) is 5.92 Å². The number of halogens is 1. The molecule has 2 aromatic rings. The summed E-state index contributed by atoms with van der Waals surface area (Å²) in [6, 6.07) is 2.19. The molecule has 17 heavy (non-hydrogen) atoms. The first-order valence-corrected chi connectivity index (χ1v) is 7.24. The molecule has 1 aliphatic carbocycles. The van der Waals surface area contributed by atoms with Gasteiger partial charge in [-0.25, -0.2) is 0 Å². The molecule has 0 aromatic carbocycles. The zero-order valence-corrected chi connectivity index (χ0v) is 10.9. The average molecular weight is 269 g/mol. The zero-order valence-electron chi connectivity index (χ0n) is 9.36. The molecule has 90 valence electrons. The van der Waals surface area contributed by atoms with E-state index in [0.717, 1.165) is 12.3 Å². The smallest absolute Gasteiger partial charge is 0.224 e. The van der Waals surface area contributed by atoms with Gasteiger partial charge in [-0.15, -0.1) is 33.1 Å². The van der Waals surface area contributed by atoms with Crippen molar-refractivity contribution in [1.29, 1.82) is 0 Å². The largest absolute Gasteiger partial charge is 0.425 e. The number of aromatic nitrogens is 2. The number of alkyl halides is 1. The van der Waals surface area contributed by atoms with Crippen molar-refractivity contribution in [3.05, 3.63) is 33.7 Å². The molecule has 0 aliphatic heterocycles. The normalized spacial score (nSPS) is 19.2.